The Hall–Kier alpha value is -3.30. The van der Waals surface area contributed by atoms with Crippen molar-refractivity contribution in [1.29, 1.82) is 0 Å². The smallest absolute Gasteiger partial charge is 0.163 e. The minimum absolute atomic E-state index is 0.0360. The molecule has 35 heavy (non-hydrogen) atoms. The molecule has 188 valence electrons. The molecule has 4 rings (SSSR count). The molecule has 0 aliphatic heterocycles. The van der Waals surface area contributed by atoms with E-state index in [4.69, 9.17) is 4.98 Å². The number of aromatic amines is 2. The van der Waals surface area contributed by atoms with Crippen LogP contribution in [-0.4, -0.2) is 51.5 Å². The predicted molar refractivity (Wildman–Crippen MR) is 140 cm³/mol. The molecule has 0 bridgehead atoms. The van der Waals surface area contributed by atoms with Gasteiger partial charge in [-0.2, -0.15) is 0 Å². The second-order valence-electron chi connectivity index (χ2n) is 11.1. The van der Waals surface area contributed by atoms with Crippen LogP contribution in [0.5, 0.6) is 0 Å². The average Bonchev–Trinajstić information content (AvgIpc) is 3.43. The molecular weight excluding hydrogens is 440 g/mol. The number of hydrogen-bond donors (Lipinski definition) is 4. The molecule has 0 fully saturated rings. The molecule has 0 amide bonds. The van der Waals surface area contributed by atoms with Crippen LogP contribution < -0.4 is 10.6 Å². The highest BCUT2D eigenvalue weighted by Crippen LogP contribution is 2.32. The number of hydrogen-bond acceptors (Lipinski definition) is 8. The topological polar surface area (TPSA) is 133 Å². The van der Waals surface area contributed by atoms with Gasteiger partial charge in [0, 0.05) is 18.0 Å². The Morgan fingerprint density at radius 1 is 0.886 bits per heavy atom. The van der Waals surface area contributed by atoms with Crippen LogP contribution in [0.15, 0.2) is 19.0 Å². The van der Waals surface area contributed by atoms with Crippen LogP contribution in [0.4, 0.5) is 11.6 Å². The Morgan fingerprint density at radius 2 is 1.57 bits per heavy atom. The van der Waals surface area contributed by atoms with E-state index in [0.29, 0.717) is 5.92 Å². The Kier molecular flexibility index (Phi) is 6.66. The van der Waals surface area contributed by atoms with Gasteiger partial charge in [-0.1, -0.05) is 48.5 Å². The highest BCUT2D eigenvalue weighted by atomic mass is 15.1. The molecule has 0 aliphatic carbocycles. The van der Waals surface area contributed by atoms with Gasteiger partial charge in [0.2, 0.25) is 0 Å². The fourth-order valence-corrected chi connectivity index (χ4v) is 4.63. The first kappa shape index (κ1) is 24.8. The zero-order chi connectivity index (χ0) is 25.4. The molecule has 10 nitrogen and oxygen atoms in total. The lowest BCUT2D eigenvalue weighted by Crippen LogP contribution is -2.41. The number of H-pyrrole nitrogens is 2. The fraction of sp³-hybridized carbons (Fsp3) is 0.600. The van der Waals surface area contributed by atoms with Crippen LogP contribution in [0, 0.1) is 17.3 Å². The largest absolute Gasteiger partial charge is 0.365 e. The molecule has 0 saturated carbocycles. The summed E-state index contributed by atoms with van der Waals surface area (Å²) in [5.74, 6) is 3.08. The highest BCUT2D eigenvalue weighted by molar-refractivity contribution is 5.83. The lowest BCUT2D eigenvalue weighted by atomic mass is 9.78. The Morgan fingerprint density at radius 3 is 2.23 bits per heavy atom. The summed E-state index contributed by atoms with van der Waals surface area (Å²) in [6, 6.07) is 0.110. The minimum Gasteiger partial charge on any atom is -0.365 e. The monoisotopic (exact) mass is 478 g/mol. The van der Waals surface area contributed by atoms with Crippen LogP contribution >= 0.6 is 0 Å². The van der Waals surface area contributed by atoms with Crippen molar-refractivity contribution in [2.45, 2.75) is 79.8 Å². The fourth-order valence-electron chi connectivity index (χ4n) is 4.63. The molecule has 0 aliphatic rings. The second-order valence-corrected chi connectivity index (χ2v) is 11.1. The van der Waals surface area contributed by atoms with E-state index in [0.717, 1.165) is 52.6 Å². The summed E-state index contributed by atoms with van der Waals surface area (Å²) in [5.41, 5.74) is 2.88. The lowest BCUT2D eigenvalue weighted by Gasteiger charge is -2.36. The molecule has 1 unspecified atom stereocenters. The van der Waals surface area contributed by atoms with Gasteiger partial charge in [0.1, 0.15) is 24.0 Å². The number of fused-ring (bicyclic) bond motifs is 2. The van der Waals surface area contributed by atoms with Crippen molar-refractivity contribution in [3.05, 3.63) is 24.8 Å². The number of nitrogens with zero attached hydrogens (tertiary/aromatic N) is 6. The number of aromatic nitrogens is 8. The number of nitrogens with one attached hydrogen (secondary N) is 4. The summed E-state index contributed by atoms with van der Waals surface area (Å²) in [7, 11) is 0. The predicted octanol–water partition coefficient (Wildman–Crippen LogP) is 4.96. The molecule has 0 aromatic carbocycles. The van der Waals surface area contributed by atoms with E-state index in [9.17, 15) is 0 Å². The second kappa shape index (κ2) is 9.39. The summed E-state index contributed by atoms with van der Waals surface area (Å²) in [4.78, 5) is 33.5. The zero-order valence-electron chi connectivity index (χ0n) is 22.1. The van der Waals surface area contributed by atoms with Gasteiger partial charge in [-0.15, -0.1) is 0 Å². The summed E-state index contributed by atoms with van der Waals surface area (Å²) in [6.45, 7) is 17.8. The standard InChI is InChI=1S/C25H38N10/c1-9-25(8,14(2)3)35-23-18-22(30-13-31-23)33-16(32-18)10-15(4)19(24(5,6)7)34-21-17-20(27-11-26-17)28-12-29-21/h11-15,19H,9-10H2,1-8H3,(H2,26,27,28,29,34)(H2,30,31,32,33,35)/t15?,19-,25+/m1/s1. The Balaban J connectivity index is 1.60. The Bertz CT molecular complexity index is 1280. The summed E-state index contributed by atoms with van der Waals surface area (Å²) in [6.07, 6.45) is 6.52. The molecule has 0 radical (unpaired) electrons. The van der Waals surface area contributed by atoms with Crippen LogP contribution in [0.1, 0.15) is 67.6 Å². The zero-order valence-corrected chi connectivity index (χ0v) is 22.1. The third-order valence-electron chi connectivity index (χ3n) is 7.27. The van der Waals surface area contributed by atoms with Crippen LogP contribution in [0.2, 0.25) is 0 Å². The van der Waals surface area contributed by atoms with Crippen LogP contribution in [-0.2, 0) is 6.42 Å². The van der Waals surface area contributed by atoms with Crippen molar-refractivity contribution in [2.75, 3.05) is 10.6 Å². The summed E-state index contributed by atoms with van der Waals surface area (Å²) in [5, 5.41) is 7.29. The van der Waals surface area contributed by atoms with Gasteiger partial charge >= 0.3 is 0 Å². The van der Waals surface area contributed by atoms with Crippen molar-refractivity contribution < 1.29 is 0 Å². The van der Waals surface area contributed by atoms with E-state index in [-0.39, 0.29) is 22.9 Å². The van der Waals surface area contributed by atoms with Crippen molar-refractivity contribution in [1.82, 2.24) is 39.9 Å². The van der Waals surface area contributed by atoms with Gasteiger partial charge in [0.05, 0.1) is 6.33 Å². The van der Waals surface area contributed by atoms with E-state index in [1.807, 2.05) is 0 Å². The number of rotatable bonds is 9. The van der Waals surface area contributed by atoms with Gasteiger partial charge in [0.25, 0.3) is 0 Å². The van der Waals surface area contributed by atoms with Gasteiger partial charge in [-0.3, -0.25) is 0 Å². The lowest BCUT2D eigenvalue weighted by molar-refractivity contribution is 0.265. The van der Waals surface area contributed by atoms with E-state index < -0.39 is 0 Å². The Labute approximate surface area is 206 Å². The van der Waals surface area contributed by atoms with Crippen molar-refractivity contribution in [3.8, 4) is 0 Å². The molecule has 4 aromatic rings. The van der Waals surface area contributed by atoms with E-state index >= 15 is 0 Å². The number of imidazole rings is 2. The van der Waals surface area contributed by atoms with Crippen LogP contribution in [0.25, 0.3) is 22.3 Å². The maximum atomic E-state index is 4.93. The van der Waals surface area contributed by atoms with Gasteiger partial charge in [-0.05, 0) is 30.6 Å². The first-order chi connectivity index (χ1) is 16.5. The number of anilines is 2. The first-order valence-electron chi connectivity index (χ1n) is 12.4. The first-order valence-corrected chi connectivity index (χ1v) is 12.4. The highest BCUT2D eigenvalue weighted by Gasteiger charge is 2.32. The molecule has 10 heteroatoms. The molecule has 4 heterocycles. The van der Waals surface area contributed by atoms with Crippen molar-refractivity contribution >= 4 is 34.0 Å². The van der Waals surface area contributed by atoms with E-state index in [1.54, 1.807) is 19.0 Å². The maximum Gasteiger partial charge on any atom is 0.163 e. The average molecular weight is 479 g/mol. The van der Waals surface area contributed by atoms with Crippen LogP contribution in [0.3, 0.4) is 0 Å². The third kappa shape index (κ3) is 5.06. The molecule has 4 N–H and O–H groups in total. The van der Waals surface area contributed by atoms with Crippen molar-refractivity contribution in [2.24, 2.45) is 17.3 Å². The van der Waals surface area contributed by atoms with Gasteiger partial charge < -0.3 is 20.6 Å². The van der Waals surface area contributed by atoms with Gasteiger partial charge in [0.15, 0.2) is 28.4 Å². The summed E-state index contributed by atoms with van der Waals surface area (Å²) >= 11 is 0. The molecule has 0 saturated heterocycles. The molecular formula is C25H38N10. The van der Waals surface area contributed by atoms with Crippen molar-refractivity contribution in [3.63, 3.8) is 0 Å². The van der Waals surface area contributed by atoms with Gasteiger partial charge in [-0.25, -0.2) is 29.9 Å². The SMILES string of the molecule is CC[C@](C)(Nc1ncnc2[nH]c(CC(C)[C@@H](Nc3ncnc4[nH]cnc34)C(C)(C)C)nc12)C(C)C. The van der Waals surface area contributed by atoms with E-state index in [1.165, 1.54) is 0 Å². The molecule has 0 spiro atoms. The minimum atomic E-state index is -0.0793. The molecule has 4 aromatic heterocycles. The quantitative estimate of drug-likeness (QED) is 0.265. The molecule has 3 atom stereocenters. The van der Waals surface area contributed by atoms with E-state index in [2.05, 4.69) is 101 Å². The third-order valence-corrected chi connectivity index (χ3v) is 7.27. The summed E-state index contributed by atoms with van der Waals surface area (Å²) < 4.78 is 0. The normalized spacial score (nSPS) is 15.9. The maximum absolute atomic E-state index is 4.93.